The lowest BCUT2D eigenvalue weighted by atomic mass is 10.2. The number of nitrogens with two attached hydrogens (primary N) is 1. The van der Waals surface area contributed by atoms with E-state index in [2.05, 4.69) is 10.3 Å². The predicted molar refractivity (Wildman–Crippen MR) is 109 cm³/mol. The molecular weight excluding hydrogens is 415 g/mol. The number of benzene rings is 2. The summed E-state index contributed by atoms with van der Waals surface area (Å²) in [7, 11) is 0. The van der Waals surface area contributed by atoms with Crippen molar-refractivity contribution in [3.8, 4) is 11.3 Å². The minimum atomic E-state index is -0.287. The molecule has 3 aromatic rings. The summed E-state index contributed by atoms with van der Waals surface area (Å²) in [5.41, 5.74) is 2.01. The second-order valence-corrected chi connectivity index (χ2v) is 7.46. The summed E-state index contributed by atoms with van der Waals surface area (Å²) in [5, 5.41) is 4.13. The van der Waals surface area contributed by atoms with Gasteiger partial charge in [0.25, 0.3) is 0 Å². The second-order valence-electron chi connectivity index (χ2n) is 5.26. The van der Waals surface area contributed by atoms with Gasteiger partial charge in [0.2, 0.25) is 5.91 Å². The fourth-order valence-electron chi connectivity index (χ4n) is 2.20. The van der Waals surface area contributed by atoms with Crippen molar-refractivity contribution in [2.45, 2.75) is 5.16 Å². The van der Waals surface area contributed by atoms with Gasteiger partial charge in [-0.15, -0.1) is 0 Å². The lowest BCUT2D eigenvalue weighted by Crippen LogP contribution is -2.16. The van der Waals surface area contributed by atoms with Crippen molar-refractivity contribution in [3.63, 3.8) is 0 Å². The van der Waals surface area contributed by atoms with Crippen LogP contribution in [0.1, 0.15) is 0 Å². The molecule has 0 aliphatic rings. The molecule has 1 amide bonds. The normalized spacial score (nSPS) is 10.7. The molecule has 0 fully saturated rings. The number of imidazole rings is 1. The lowest BCUT2D eigenvalue weighted by molar-refractivity contribution is -0.113. The summed E-state index contributed by atoms with van der Waals surface area (Å²) in [4.78, 5) is 16.7. The van der Waals surface area contributed by atoms with Gasteiger partial charge in [-0.05, 0) is 12.1 Å². The first-order chi connectivity index (χ1) is 12.4. The van der Waals surface area contributed by atoms with Crippen LogP contribution >= 0.6 is 46.6 Å². The molecule has 0 saturated carbocycles. The summed E-state index contributed by atoms with van der Waals surface area (Å²) >= 11 is 19.2. The Morgan fingerprint density at radius 3 is 2.46 bits per heavy atom. The van der Waals surface area contributed by atoms with Crippen LogP contribution < -0.4 is 11.2 Å². The topological polar surface area (TPSA) is 72.9 Å². The fraction of sp³-hybridized carbons (Fsp3) is 0.0588. The number of rotatable bonds is 5. The number of thioether (sulfide) groups is 1. The maximum Gasteiger partial charge on any atom is 0.234 e. The predicted octanol–water partition coefficient (Wildman–Crippen LogP) is 4.95. The molecule has 0 aliphatic carbocycles. The van der Waals surface area contributed by atoms with Crippen LogP contribution in [0.3, 0.4) is 0 Å². The Bertz CT molecular complexity index is 923. The number of aromatic nitrogens is 2. The molecule has 26 heavy (non-hydrogen) atoms. The van der Waals surface area contributed by atoms with Crippen LogP contribution in [0.4, 0.5) is 5.69 Å². The number of hydrogen-bond donors (Lipinski definition) is 2. The molecule has 2 aromatic carbocycles. The average molecular weight is 428 g/mol. The molecule has 9 heteroatoms. The van der Waals surface area contributed by atoms with Crippen LogP contribution in [-0.2, 0) is 4.79 Å². The number of nitrogen functional groups attached to an aromatic ring is 1. The number of nitrogens with zero attached hydrogens (tertiary/aromatic N) is 2. The lowest BCUT2D eigenvalue weighted by Gasteiger charge is -2.09. The van der Waals surface area contributed by atoms with E-state index in [0.717, 1.165) is 11.3 Å². The van der Waals surface area contributed by atoms with Gasteiger partial charge in [0, 0.05) is 10.6 Å². The molecule has 1 heterocycles. The number of hydrogen-bond acceptors (Lipinski definition) is 4. The maximum atomic E-state index is 12.2. The maximum absolute atomic E-state index is 12.2. The van der Waals surface area contributed by atoms with Crippen LogP contribution in [0.15, 0.2) is 53.8 Å². The number of anilines is 1. The molecule has 1 aromatic heterocycles. The largest absolute Gasteiger partial charge is 0.337 e. The van der Waals surface area contributed by atoms with E-state index in [1.54, 1.807) is 6.20 Å². The van der Waals surface area contributed by atoms with E-state index < -0.39 is 0 Å². The van der Waals surface area contributed by atoms with Gasteiger partial charge in [-0.1, -0.05) is 76.9 Å². The van der Waals surface area contributed by atoms with Gasteiger partial charge in [-0.2, -0.15) is 0 Å². The van der Waals surface area contributed by atoms with E-state index >= 15 is 0 Å². The second kappa shape index (κ2) is 8.22. The standard InChI is InChI=1S/C17H13Cl3N4OS/c18-11-6-12(19)16(13(20)7-11)23-15(25)9-26-17-22-14(8-24(17)21)10-4-2-1-3-5-10/h1-8H,9,21H2,(H,23,25). The van der Waals surface area contributed by atoms with Gasteiger partial charge in [0.15, 0.2) is 5.16 Å². The summed E-state index contributed by atoms with van der Waals surface area (Å²) in [6.07, 6.45) is 1.71. The molecule has 0 unspecified atom stereocenters. The number of nitrogens with one attached hydrogen (secondary N) is 1. The number of carbonyl (C=O) groups is 1. The van der Waals surface area contributed by atoms with Crippen LogP contribution in [-0.4, -0.2) is 21.3 Å². The van der Waals surface area contributed by atoms with E-state index in [0.29, 0.717) is 15.9 Å². The third-order valence-electron chi connectivity index (χ3n) is 3.37. The van der Waals surface area contributed by atoms with Crippen molar-refractivity contribution in [1.82, 2.24) is 9.66 Å². The van der Waals surface area contributed by atoms with Crippen LogP contribution in [0, 0.1) is 0 Å². The van der Waals surface area contributed by atoms with Gasteiger partial charge in [-0.3, -0.25) is 4.79 Å². The zero-order valence-electron chi connectivity index (χ0n) is 13.2. The molecular formula is C17H13Cl3N4OS. The SMILES string of the molecule is Nn1cc(-c2ccccc2)nc1SCC(=O)Nc1c(Cl)cc(Cl)cc1Cl. The van der Waals surface area contributed by atoms with E-state index in [9.17, 15) is 4.79 Å². The van der Waals surface area contributed by atoms with Crippen LogP contribution in [0.5, 0.6) is 0 Å². The highest BCUT2D eigenvalue weighted by Crippen LogP contribution is 2.34. The molecule has 5 nitrogen and oxygen atoms in total. The molecule has 3 rings (SSSR count). The zero-order chi connectivity index (χ0) is 18.7. The highest BCUT2D eigenvalue weighted by atomic mass is 35.5. The quantitative estimate of drug-likeness (QED) is 0.446. The van der Waals surface area contributed by atoms with Gasteiger partial charge in [-0.25, -0.2) is 9.66 Å². The van der Waals surface area contributed by atoms with Crippen molar-refractivity contribution >= 4 is 58.2 Å². The smallest absolute Gasteiger partial charge is 0.234 e. The van der Waals surface area contributed by atoms with Gasteiger partial charge in [0.05, 0.1) is 33.4 Å². The third kappa shape index (κ3) is 4.45. The van der Waals surface area contributed by atoms with Gasteiger partial charge in [0.1, 0.15) is 0 Å². The monoisotopic (exact) mass is 426 g/mol. The first-order valence-corrected chi connectivity index (χ1v) is 9.53. The Morgan fingerprint density at radius 2 is 1.81 bits per heavy atom. The third-order valence-corrected chi connectivity index (χ3v) is 5.15. The van der Waals surface area contributed by atoms with E-state index in [1.807, 2.05) is 30.3 Å². The first-order valence-electron chi connectivity index (χ1n) is 7.41. The fourth-order valence-corrected chi connectivity index (χ4v) is 3.81. The molecule has 0 bridgehead atoms. The molecule has 0 radical (unpaired) electrons. The highest BCUT2D eigenvalue weighted by Gasteiger charge is 2.14. The average Bonchev–Trinajstić information content (AvgIpc) is 2.98. The van der Waals surface area contributed by atoms with Crippen LogP contribution in [0.25, 0.3) is 11.3 Å². The zero-order valence-corrected chi connectivity index (χ0v) is 16.3. The van der Waals surface area contributed by atoms with Crippen molar-refractivity contribution in [1.29, 1.82) is 0 Å². The Balaban J connectivity index is 1.66. The van der Waals surface area contributed by atoms with E-state index in [1.165, 1.54) is 28.6 Å². The summed E-state index contributed by atoms with van der Waals surface area (Å²) in [6, 6.07) is 12.7. The van der Waals surface area contributed by atoms with Crippen molar-refractivity contribution < 1.29 is 4.79 Å². The van der Waals surface area contributed by atoms with E-state index in [-0.39, 0.29) is 21.7 Å². The van der Waals surface area contributed by atoms with E-state index in [4.69, 9.17) is 40.6 Å². The van der Waals surface area contributed by atoms with Crippen molar-refractivity contribution in [2.75, 3.05) is 16.9 Å². The Morgan fingerprint density at radius 1 is 1.15 bits per heavy atom. The number of halogens is 3. The minimum Gasteiger partial charge on any atom is -0.337 e. The molecule has 0 aliphatic heterocycles. The summed E-state index contributed by atoms with van der Waals surface area (Å²) < 4.78 is 1.39. The molecule has 134 valence electrons. The Labute approximate surface area is 169 Å². The Kier molecular flexibility index (Phi) is 5.98. The molecule has 0 atom stereocenters. The highest BCUT2D eigenvalue weighted by molar-refractivity contribution is 7.99. The molecule has 0 spiro atoms. The molecule has 3 N–H and O–H groups in total. The summed E-state index contributed by atoms with van der Waals surface area (Å²) in [5.74, 6) is 5.74. The number of carbonyl (C=O) groups excluding carboxylic acids is 1. The van der Waals surface area contributed by atoms with Crippen molar-refractivity contribution in [2.24, 2.45) is 0 Å². The first kappa shape index (κ1) is 18.9. The summed E-state index contributed by atoms with van der Waals surface area (Å²) in [6.45, 7) is 0. The van der Waals surface area contributed by atoms with Crippen LogP contribution in [0.2, 0.25) is 15.1 Å². The Hall–Kier alpha value is -1.86. The van der Waals surface area contributed by atoms with Gasteiger partial charge < -0.3 is 11.2 Å². The number of amides is 1. The minimum absolute atomic E-state index is 0.0950. The van der Waals surface area contributed by atoms with Gasteiger partial charge >= 0.3 is 0 Å². The van der Waals surface area contributed by atoms with Crippen molar-refractivity contribution in [3.05, 3.63) is 63.7 Å². The molecule has 0 saturated heterocycles.